The largest absolute Gasteiger partial charge is 0.368 e. The second kappa shape index (κ2) is 11.8. The van der Waals surface area contributed by atoms with Crippen molar-refractivity contribution in [3.05, 3.63) is 76.4 Å². The predicted octanol–water partition coefficient (Wildman–Crippen LogP) is 5.54. The molecule has 2 aromatic carbocycles. The van der Waals surface area contributed by atoms with E-state index in [2.05, 4.69) is 64.8 Å². The Hall–Kier alpha value is -2.77. The van der Waals surface area contributed by atoms with E-state index in [1.807, 2.05) is 29.2 Å². The van der Waals surface area contributed by atoms with Crippen molar-refractivity contribution in [2.75, 3.05) is 49.1 Å². The van der Waals surface area contributed by atoms with Gasteiger partial charge in [-0.2, -0.15) is 0 Å². The minimum atomic E-state index is 0.0932. The summed E-state index contributed by atoms with van der Waals surface area (Å²) in [5.74, 6) is 1.65. The molecule has 35 heavy (non-hydrogen) atoms. The van der Waals surface area contributed by atoms with E-state index in [9.17, 15) is 4.79 Å². The number of halogens is 1. The van der Waals surface area contributed by atoms with E-state index in [0.717, 1.165) is 56.2 Å². The highest BCUT2D eigenvalue weighted by Gasteiger charge is 2.23. The second-order valence-electron chi connectivity index (χ2n) is 8.56. The van der Waals surface area contributed by atoms with E-state index in [0.29, 0.717) is 16.1 Å². The summed E-state index contributed by atoms with van der Waals surface area (Å²) < 4.78 is 0. The van der Waals surface area contributed by atoms with Gasteiger partial charge in [0, 0.05) is 62.3 Å². The number of carbonyl (C=O) groups is 1. The number of hydrogen-bond acceptors (Lipinski definition) is 6. The first-order valence-corrected chi connectivity index (χ1v) is 13.5. The maximum Gasteiger partial charge on any atom is 0.253 e. The molecule has 0 unspecified atom stereocenters. The number of amides is 1. The molecule has 2 heterocycles. The molecular formula is C27H32ClN5OS. The van der Waals surface area contributed by atoms with Crippen molar-refractivity contribution < 1.29 is 4.79 Å². The lowest BCUT2D eigenvalue weighted by atomic mass is 10.1. The normalized spacial score (nSPS) is 13.7. The lowest BCUT2D eigenvalue weighted by Crippen LogP contribution is -2.49. The van der Waals surface area contributed by atoms with Crippen LogP contribution in [0.5, 0.6) is 0 Å². The molecule has 0 saturated carbocycles. The van der Waals surface area contributed by atoms with Crippen molar-refractivity contribution in [1.29, 1.82) is 0 Å². The van der Waals surface area contributed by atoms with Crippen LogP contribution < -0.4 is 9.80 Å². The van der Waals surface area contributed by atoms with E-state index >= 15 is 0 Å². The number of thioether (sulfide) groups is 1. The molecule has 1 aliphatic rings. The van der Waals surface area contributed by atoms with E-state index in [1.165, 1.54) is 11.3 Å². The standard InChI is InChI=1S/C27H32ClN5OS/c1-4-31(5-2)25-18-24(28)29-27(30-25)35-19-21-10-12-22(13-11-21)26(34)33-16-14-32(15-17-33)23-9-7-6-8-20(23)3/h6-13,18H,4-5,14-17,19H2,1-3H3. The Bertz CT molecular complexity index is 1140. The molecule has 1 fully saturated rings. The Kier molecular flexibility index (Phi) is 8.52. The van der Waals surface area contributed by atoms with Crippen LogP contribution in [0.2, 0.25) is 5.15 Å². The van der Waals surface area contributed by atoms with Crippen LogP contribution in [-0.2, 0) is 5.75 Å². The molecule has 0 N–H and O–H groups in total. The first-order chi connectivity index (χ1) is 17.0. The van der Waals surface area contributed by atoms with Gasteiger partial charge in [0.05, 0.1) is 0 Å². The first kappa shape index (κ1) is 25.3. The summed E-state index contributed by atoms with van der Waals surface area (Å²) in [6, 6.07) is 18.1. The first-order valence-electron chi connectivity index (χ1n) is 12.1. The number of benzene rings is 2. The van der Waals surface area contributed by atoms with Gasteiger partial charge in [-0.15, -0.1) is 0 Å². The maximum absolute atomic E-state index is 13.1. The average molecular weight is 510 g/mol. The van der Waals surface area contributed by atoms with Gasteiger partial charge in [0.1, 0.15) is 11.0 Å². The molecule has 3 aromatic rings. The molecule has 0 atom stereocenters. The lowest BCUT2D eigenvalue weighted by Gasteiger charge is -2.36. The number of anilines is 2. The smallest absolute Gasteiger partial charge is 0.253 e. The average Bonchev–Trinajstić information content (AvgIpc) is 2.88. The Balaban J connectivity index is 1.33. The fraction of sp³-hybridized carbons (Fsp3) is 0.370. The third-order valence-corrected chi connectivity index (χ3v) is 7.45. The van der Waals surface area contributed by atoms with Gasteiger partial charge < -0.3 is 14.7 Å². The monoisotopic (exact) mass is 509 g/mol. The van der Waals surface area contributed by atoms with Crippen molar-refractivity contribution >= 4 is 40.8 Å². The summed E-state index contributed by atoms with van der Waals surface area (Å²) in [7, 11) is 0. The van der Waals surface area contributed by atoms with Crippen LogP contribution in [0.4, 0.5) is 11.5 Å². The topological polar surface area (TPSA) is 52.6 Å². The van der Waals surface area contributed by atoms with Gasteiger partial charge in [-0.25, -0.2) is 9.97 Å². The van der Waals surface area contributed by atoms with E-state index in [-0.39, 0.29) is 5.91 Å². The molecule has 0 radical (unpaired) electrons. The number of rotatable bonds is 8. The highest BCUT2D eigenvalue weighted by atomic mass is 35.5. The summed E-state index contributed by atoms with van der Waals surface area (Å²) in [5, 5.41) is 1.11. The van der Waals surface area contributed by atoms with Gasteiger partial charge in [-0.1, -0.05) is 53.7 Å². The van der Waals surface area contributed by atoms with Crippen molar-refractivity contribution in [2.45, 2.75) is 31.7 Å². The van der Waals surface area contributed by atoms with Gasteiger partial charge in [0.25, 0.3) is 5.91 Å². The van der Waals surface area contributed by atoms with Gasteiger partial charge in [0.2, 0.25) is 0 Å². The molecule has 184 valence electrons. The Labute approximate surface area is 217 Å². The quantitative estimate of drug-likeness (QED) is 0.226. The van der Waals surface area contributed by atoms with Crippen molar-refractivity contribution in [1.82, 2.24) is 14.9 Å². The van der Waals surface area contributed by atoms with E-state index in [4.69, 9.17) is 11.6 Å². The molecule has 1 aromatic heterocycles. The molecular weight excluding hydrogens is 478 g/mol. The van der Waals surface area contributed by atoms with Gasteiger partial charge in [-0.05, 0) is 50.1 Å². The third kappa shape index (κ3) is 6.27. The van der Waals surface area contributed by atoms with Crippen LogP contribution >= 0.6 is 23.4 Å². The molecule has 1 aliphatic heterocycles. The fourth-order valence-corrected chi connectivity index (χ4v) is 5.34. The number of piperazine rings is 1. The Morgan fingerprint density at radius 3 is 2.34 bits per heavy atom. The van der Waals surface area contributed by atoms with Crippen LogP contribution in [0.25, 0.3) is 0 Å². The van der Waals surface area contributed by atoms with Gasteiger partial charge in [-0.3, -0.25) is 4.79 Å². The number of hydrogen-bond donors (Lipinski definition) is 0. The third-order valence-electron chi connectivity index (χ3n) is 6.34. The number of aryl methyl sites for hydroxylation is 1. The molecule has 1 amide bonds. The zero-order valence-electron chi connectivity index (χ0n) is 20.6. The van der Waals surface area contributed by atoms with Crippen LogP contribution in [0, 0.1) is 6.92 Å². The van der Waals surface area contributed by atoms with E-state index < -0.39 is 0 Å². The molecule has 4 rings (SSSR count). The van der Waals surface area contributed by atoms with Crippen molar-refractivity contribution in [3.8, 4) is 0 Å². The van der Waals surface area contributed by atoms with Crippen LogP contribution in [0.1, 0.15) is 35.3 Å². The molecule has 6 nitrogen and oxygen atoms in total. The summed E-state index contributed by atoms with van der Waals surface area (Å²) in [5.41, 5.74) is 4.37. The van der Waals surface area contributed by atoms with Crippen LogP contribution in [0.15, 0.2) is 59.8 Å². The fourth-order valence-electron chi connectivity index (χ4n) is 4.30. The zero-order chi connectivity index (χ0) is 24.8. The number of para-hydroxylation sites is 1. The molecule has 8 heteroatoms. The lowest BCUT2D eigenvalue weighted by molar-refractivity contribution is 0.0747. The van der Waals surface area contributed by atoms with Crippen LogP contribution in [-0.4, -0.2) is 60.0 Å². The second-order valence-corrected chi connectivity index (χ2v) is 9.88. The molecule has 0 spiro atoms. The van der Waals surface area contributed by atoms with E-state index in [1.54, 1.807) is 17.8 Å². The van der Waals surface area contributed by atoms with Crippen molar-refractivity contribution in [3.63, 3.8) is 0 Å². The number of nitrogens with zero attached hydrogens (tertiary/aromatic N) is 5. The summed E-state index contributed by atoms with van der Waals surface area (Å²) in [6.07, 6.45) is 0. The molecule has 1 saturated heterocycles. The summed E-state index contributed by atoms with van der Waals surface area (Å²) >= 11 is 7.78. The Morgan fingerprint density at radius 1 is 1.00 bits per heavy atom. The molecule has 0 bridgehead atoms. The van der Waals surface area contributed by atoms with Gasteiger partial charge in [0.15, 0.2) is 5.16 Å². The predicted molar refractivity (Wildman–Crippen MR) is 146 cm³/mol. The number of carbonyl (C=O) groups excluding carboxylic acids is 1. The maximum atomic E-state index is 13.1. The van der Waals surface area contributed by atoms with Crippen molar-refractivity contribution in [2.24, 2.45) is 0 Å². The highest BCUT2D eigenvalue weighted by Crippen LogP contribution is 2.25. The minimum absolute atomic E-state index is 0.0932. The summed E-state index contributed by atoms with van der Waals surface area (Å²) in [6.45, 7) is 11.2. The zero-order valence-corrected chi connectivity index (χ0v) is 22.1. The van der Waals surface area contributed by atoms with Gasteiger partial charge >= 0.3 is 0 Å². The SMILES string of the molecule is CCN(CC)c1cc(Cl)nc(SCc2ccc(C(=O)N3CCN(c4ccccc4C)CC3)cc2)n1. The summed E-state index contributed by atoms with van der Waals surface area (Å²) in [4.78, 5) is 28.6. The highest BCUT2D eigenvalue weighted by molar-refractivity contribution is 7.98. The molecule has 0 aliphatic carbocycles. The Morgan fingerprint density at radius 2 is 1.69 bits per heavy atom. The minimum Gasteiger partial charge on any atom is -0.368 e. The van der Waals surface area contributed by atoms with Crippen LogP contribution in [0.3, 0.4) is 0 Å². The number of aromatic nitrogens is 2.